The highest BCUT2D eigenvalue weighted by atomic mass is 16.5. The first-order valence-electron chi connectivity index (χ1n) is 4.02. The highest BCUT2D eigenvalue weighted by molar-refractivity contribution is 5.80. The molecule has 70 valence electrons. The topological polar surface area (TPSA) is 46.6 Å². The molecule has 0 N–H and O–H groups in total. The molecule has 0 aromatic heterocycles. The molecule has 0 spiro atoms. The van der Waals surface area contributed by atoms with Gasteiger partial charge in [-0.2, -0.15) is 0 Å². The van der Waals surface area contributed by atoms with E-state index in [1.807, 2.05) is 0 Å². The highest BCUT2D eigenvalue weighted by Gasteiger charge is 2.30. The number of hydrogen-bond acceptors (Lipinski definition) is 3. The summed E-state index contributed by atoms with van der Waals surface area (Å²) in [5.41, 5.74) is 0. The molecule has 1 aliphatic heterocycles. The highest BCUT2D eigenvalue weighted by Crippen LogP contribution is 2.13. The quantitative estimate of drug-likeness (QED) is 0.437. The molecule has 1 heterocycles. The zero-order valence-corrected chi connectivity index (χ0v) is 7.45. The number of carbonyl (C=O) groups is 2. The molecule has 0 aromatic carbocycles. The molecule has 0 radical (unpaired) electrons. The van der Waals surface area contributed by atoms with E-state index in [2.05, 4.69) is 5.92 Å². The van der Waals surface area contributed by atoms with E-state index in [0.29, 0.717) is 6.54 Å². The summed E-state index contributed by atoms with van der Waals surface area (Å²) >= 11 is 0. The Balaban J connectivity index is 2.46. The smallest absolute Gasteiger partial charge is 0.302 e. The molecule has 0 saturated carbocycles. The van der Waals surface area contributed by atoms with Crippen LogP contribution >= 0.6 is 0 Å². The van der Waals surface area contributed by atoms with Crippen molar-refractivity contribution in [2.24, 2.45) is 0 Å². The van der Waals surface area contributed by atoms with Crippen molar-refractivity contribution in [2.75, 3.05) is 13.1 Å². The van der Waals surface area contributed by atoms with Gasteiger partial charge in [-0.05, 0) is 0 Å². The Bertz CT molecular complexity index is 267. The fraction of sp³-hybridized carbons (Fsp3) is 0.556. The Labute approximate surface area is 76.8 Å². The van der Waals surface area contributed by atoms with Gasteiger partial charge in [0, 0.05) is 6.92 Å². The molecule has 1 rings (SSSR count). The van der Waals surface area contributed by atoms with E-state index in [9.17, 15) is 9.59 Å². The van der Waals surface area contributed by atoms with Crippen molar-refractivity contribution < 1.29 is 14.3 Å². The van der Waals surface area contributed by atoms with E-state index in [1.165, 1.54) is 11.8 Å². The summed E-state index contributed by atoms with van der Waals surface area (Å²) in [6, 6.07) is 0. The predicted molar refractivity (Wildman–Crippen MR) is 45.6 cm³/mol. The van der Waals surface area contributed by atoms with Crippen molar-refractivity contribution in [2.45, 2.75) is 19.4 Å². The van der Waals surface area contributed by atoms with Gasteiger partial charge < -0.3 is 9.64 Å². The van der Waals surface area contributed by atoms with E-state index in [4.69, 9.17) is 11.2 Å². The largest absolute Gasteiger partial charge is 0.460 e. The molecular weight excluding hydrogens is 170 g/mol. The molecule has 13 heavy (non-hydrogen) atoms. The zero-order valence-electron chi connectivity index (χ0n) is 7.45. The first-order chi connectivity index (χ1) is 6.13. The van der Waals surface area contributed by atoms with Crippen LogP contribution in [0.3, 0.4) is 0 Å². The van der Waals surface area contributed by atoms with Crippen LogP contribution in [0.25, 0.3) is 0 Å². The number of amides is 1. The average molecular weight is 181 g/mol. The first kappa shape index (κ1) is 9.59. The van der Waals surface area contributed by atoms with Crippen LogP contribution in [0.15, 0.2) is 0 Å². The molecule has 0 bridgehead atoms. The summed E-state index contributed by atoms with van der Waals surface area (Å²) < 4.78 is 4.89. The van der Waals surface area contributed by atoms with E-state index in [-0.39, 0.29) is 30.9 Å². The number of carbonyl (C=O) groups excluding carboxylic acids is 2. The number of likely N-dealkylation sites (tertiary alicyclic amines) is 1. The minimum absolute atomic E-state index is 0.0517. The Morgan fingerprint density at radius 2 is 2.54 bits per heavy atom. The third-order valence-electron chi connectivity index (χ3n) is 1.79. The van der Waals surface area contributed by atoms with Crippen LogP contribution in [0, 0.1) is 12.3 Å². The molecule has 1 saturated heterocycles. The first-order valence-corrected chi connectivity index (χ1v) is 4.02. The second kappa shape index (κ2) is 3.94. The zero-order chi connectivity index (χ0) is 9.84. The van der Waals surface area contributed by atoms with Crippen LogP contribution < -0.4 is 0 Å². The lowest BCUT2D eigenvalue weighted by Gasteiger charge is -2.12. The van der Waals surface area contributed by atoms with Crippen molar-refractivity contribution in [3.8, 4) is 12.3 Å². The molecule has 1 fully saturated rings. The van der Waals surface area contributed by atoms with Gasteiger partial charge in [0.15, 0.2) is 0 Å². The van der Waals surface area contributed by atoms with Crippen molar-refractivity contribution >= 4 is 11.9 Å². The number of rotatable bonds is 2. The molecule has 4 heteroatoms. The van der Waals surface area contributed by atoms with Crippen LogP contribution in [0.5, 0.6) is 0 Å². The van der Waals surface area contributed by atoms with Gasteiger partial charge in [-0.15, -0.1) is 6.42 Å². The molecule has 0 aromatic rings. The molecule has 1 aliphatic rings. The molecule has 0 aliphatic carbocycles. The Kier molecular flexibility index (Phi) is 2.91. The third kappa shape index (κ3) is 2.48. The molecule has 4 nitrogen and oxygen atoms in total. The van der Waals surface area contributed by atoms with Gasteiger partial charge in [0.2, 0.25) is 5.91 Å². The van der Waals surface area contributed by atoms with Gasteiger partial charge in [-0.1, -0.05) is 5.92 Å². The lowest BCUT2D eigenvalue weighted by atomic mass is 10.3. The van der Waals surface area contributed by atoms with Crippen molar-refractivity contribution in [1.29, 1.82) is 0 Å². The minimum atomic E-state index is -0.361. The minimum Gasteiger partial charge on any atom is -0.460 e. The molecule has 0 unspecified atom stereocenters. The Hall–Kier alpha value is -1.50. The maximum absolute atomic E-state index is 11.2. The van der Waals surface area contributed by atoms with Crippen molar-refractivity contribution in [3.63, 3.8) is 0 Å². The molecule has 1 atom stereocenters. The van der Waals surface area contributed by atoms with Crippen LogP contribution in [-0.4, -0.2) is 36.0 Å². The van der Waals surface area contributed by atoms with Gasteiger partial charge >= 0.3 is 5.97 Å². The number of esters is 1. The maximum atomic E-state index is 11.2. The monoisotopic (exact) mass is 181 g/mol. The van der Waals surface area contributed by atoms with E-state index >= 15 is 0 Å². The lowest BCUT2D eigenvalue weighted by Crippen LogP contribution is -2.27. The third-order valence-corrected chi connectivity index (χ3v) is 1.79. The summed E-state index contributed by atoms with van der Waals surface area (Å²) in [6.45, 7) is 2.04. The number of terminal acetylenes is 1. The van der Waals surface area contributed by atoms with Crippen molar-refractivity contribution in [3.05, 3.63) is 0 Å². The fourth-order valence-electron chi connectivity index (χ4n) is 1.31. The van der Waals surface area contributed by atoms with Crippen LogP contribution in [0.4, 0.5) is 0 Å². The molecular formula is C9H11NO3. The van der Waals surface area contributed by atoms with Gasteiger partial charge in [-0.3, -0.25) is 9.59 Å². The normalized spacial score (nSPS) is 21.4. The Morgan fingerprint density at radius 3 is 3.08 bits per heavy atom. The SMILES string of the molecule is C#CCN1C[C@H](OC(C)=O)CC1=O. The second-order valence-corrected chi connectivity index (χ2v) is 2.91. The predicted octanol–water partition coefficient (Wildman–Crippen LogP) is -0.216. The van der Waals surface area contributed by atoms with E-state index in [0.717, 1.165) is 0 Å². The summed E-state index contributed by atoms with van der Waals surface area (Å²) in [5.74, 6) is 1.97. The summed E-state index contributed by atoms with van der Waals surface area (Å²) in [6.07, 6.45) is 5.00. The van der Waals surface area contributed by atoms with Crippen LogP contribution in [-0.2, 0) is 14.3 Å². The standard InChI is InChI=1S/C9H11NO3/c1-3-4-10-6-8(5-9(10)12)13-7(2)11/h1,8H,4-6H2,2H3/t8-/m1/s1. The number of nitrogens with zero attached hydrogens (tertiary/aromatic N) is 1. The average Bonchev–Trinajstić information content (AvgIpc) is 2.31. The second-order valence-electron chi connectivity index (χ2n) is 2.91. The van der Waals surface area contributed by atoms with Gasteiger partial charge in [0.05, 0.1) is 19.5 Å². The van der Waals surface area contributed by atoms with Crippen LogP contribution in [0.1, 0.15) is 13.3 Å². The Morgan fingerprint density at radius 1 is 1.85 bits per heavy atom. The lowest BCUT2D eigenvalue weighted by molar-refractivity contribution is -0.145. The summed E-state index contributed by atoms with van der Waals surface area (Å²) in [5, 5.41) is 0. The van der Waals surface area contributed by atoms with E-state index in [1.54, 1.807) is 0 Å². The maximum Gasteiger partial charge on any atom is 0.302 e. The molecule has 1 amide bonds. The number of hydrogen-bond donors (Lipinski definition) is 0. The van der Waals surface area contributed by atoms with Gasteiger partial charge in [0.25, 0.3) is 0 Å². The van der Waals surface area contributed by atoms with Gasteiger partial charge in [-0.25, -0.2) is 0 Å². The summed E-state index contributed by atoms with van der Waals surface area (Å²) in [4.78, 5) is 23.3. The van der Waals surface area contributed by atoms with Crippen LogP contribution in [0.2, 0.25) is 0 Å². The number of ether oxygens (including phenoxy) is 1. The van der Waals surface area contributed by atoms with Crippen molar-refractivity contribution in [1.82, 2.24) is 4.90 Å². The van der Waals surface area contributed by atoms with E-state index < -0.39 is 0 Å². The summed E-state index contributed by atoms with van der Waals surface area (Å²) in [7, 11) is 0. The fourth-order valence-corrected chi connectivity index (χ4v) is 1.31. The van der Waals surface area contributed by atoms with Gasteiger partial charge in [0.1, 0.15) is 6.10 Å².